The number of benzene rings is 7. The van der Waals surface area contributed by atoms with E-state index in [1.807, 2.05) is 28.7 Å². The molecule has 5 heteroatoms. The number of nitrogens with one attached hydrogen (secondary N) is 1. The van der Waals surface area contributed by atoms with Gasteiger partial charge in [0, 0.05) is 62.6 Å². The minimum Gasteiger partial charge on any atom is -0.344 e. The lowest BCUT2D eigenvalue weighted by Gasteiger charge is -2.24. The highest BCUT2D eigenvalue weighted by atomic mass is 32.1. The number of hydrogen-bond donors (Lipinski definition) is 1. The number of fused-ring (bicyclic) bond motifs is 10. The summed E-state index contributed by atoms with van der Waals surface area (Å²) in [4.78, 5) is 10.7. The molecule has 0 amide bonds. The molecule has 224 valence electrons. The molecule has 0 saturated heterocycles. The van der Waals surface area contributed by atoms with Crippen LogP contribution in [-0.2, 0) is 0 Å². The van der Waals surface area contributed by atoms with Crippen LogP contribution in [0.4, 0.5) is 0 Å². The fraction of sp³-hybridized carbons (Fsp3) is 0.0233. The molecule has 0 radical (unpaired) electrons. The Morgan fingerprint density at radius 1 is 0.500 bits per heavy atom. The van der Waals surface area contributed by atoms with Crippen molar-refractivity contribution in [2.75, 3.05) is 0 Å². The number of thiophene rings is 2. The topological polar surface area (TPSA) is 36.8 Å². The van der Waals surface area contributed by atoms with Gasteiger partial charge in [0.15, 0.2) is 5.84 Å². The molecule has 9 aromatic rings. The molecule has 11 rings (SSSR count). The Morgan fingerprint density at radius 3 is 2.12 bits per heavy atom. The summed E-state index contributed by atoms with van der Waals surface area (Å²) in [5, 5.41) is 11.4. The average Bonchev–Trinajstić information content (AvgIpc) is 3.82. The maximum atomic E-state index is 5.43. The van der Waals surface area contributed by atoms with E-state index in [4.69, 9.17) is 9.98 Å². The van der Waals surface area contributed by atoms with Gasteiger partial charge in [0.05, 0.1) is 0 Å². The highest BCUT2D eigenvalue weighted by Crippen LogP contribution is 2.53. The van der Waals surface area contributed by atoms with Crippen molar-refractivity contribution in [3.63, 3.8) is 0 Å². The maximum absolute atomic E-state index is 5.43. The normalized spacial score (nSPS) is 15.3. The predicted octanol–water partition coefficient (Wildman–Crippen LogP) is 11.7. The molecule has 0 saturated carbocycles. The van der Waals surface area contributed by atoms with Crippen molar-refractivity contribution >= 4 is 85.5 Å². The van der Waals surface area contributed by atoms with Gasteiger partial charge in [0.25, 0.3) is 0 Å². The zero-order valence-electron chi connectivity index (χ0n) is 25.6. The van der Waals surface area contributed by atoms with E-state index in [0.29, 0.717) is 0 Å². The van der Waals surface area contributed by atoms with Gasteiger partial charge in [0.1, 0.15) is 12.0 Å². The summed E-state index contributed by atoms with van der Waals surface area (Å²) < 4.78 is 5.13. The zero-order valence-corrected chi connectivity index (χ0v) is 27.2. The fourth-order valence-corrected chi connectivity index (χ4v) is 10.3. The van der Waals surface area contributed by atoms with Crippen LogP contribution in [0.1, 0.15) is 22.9 Å². The Labute approximate surface area is 284 Å². The molecule has 1 aliphatic heterocycles. The van der Waals surface area contributed by atoms with E-state index in [2.05, 4.69) is 139 Å². The lowest BCUT2D eigenvalue weighted by molar-refractivity contribution is 0.680. The summed E-state index contributed by atoms with van der Waals surface area (Å²) in [6, 6.07) is 50.3. The molecular weight excluding hydrogens is 623 g/mol. The van der Waals surface area contributed by atoms with Gasteiger partial charge in [-0.3, -0.25) is 0 Å². The summed E-state index contributed by atoms with van der Waals surface area (Å²) in [5.41, 5.74) is 8.62. The molecule has 1 aliphatic carbocycles. The SMILES string of the molecule is c1ccc(C2=NC(c3cccc4sc5ccccc5c34)=NC(c3cccc4sc5c6c(ccc5c34)-c3cccc4cccc-6c34)N2)cc1. The summed E-state index contributed by atoms with van der Waals surface area (Å²) in [6.45, 7) is 0. The van der Waals surface area contributed by atoms with Gasteiger partial charge in [-0.1, -0.05) is 121 Å². The van der Waals surface area contributed by atoms with E-state index in [0.717, 1.165) is 28.4 Å². The minimum atomic E-state index is -0.316. The predicted molar refractivity (Wildman–Crippen MR) is 206 cm³/mol. The highest BCUT2D eigenvalue weighted by Gasteiger charge is 2.28. The van der Waals surface area contributed by atoms with Crippen molar-refractivity contribution in [2.45, 2.75) is 6.17 Å². The molecule has 3 heterocycles. The second kappa shape index (κ2) is 9.94. The van der Waals surface area contributed by atoms with Gasteiger partial charge in [-0.2, -0.15) is 0 Å². The molecule has 1 atom stereocenters. The van der Waals surface area contributed by atoms with Crippen molar-refractivity contribution in [1.29, 1.82) is 0 Å². The lowest BCUT2D eigenvalue weighted by atomic mass is 9.98. The van der Waals surface area contributed by atoms with Crippen LogP contribution in [0.2, 0.25) is 0 Å². The number of rotatable bonds is 3. The molecule has 1 unspecified atom stereocenters. The van der Waals surface area contributed by atoms with Crippen molar-refractivity contribution in [3.05, 3.63) is 156 Å². The van der Waals surface area contributed by atoms with Crippen LogP contribution >= 0.6 is 22.7 Å². The fourth-order valence-electron chi connectivity index (χ4n) is 7.84. The molecule has 2 aromatic heterocycles. The Hall–Kier alpha value is -5.62. The van der Waals surface area contributed by atoms with Crippen LogP contribution in [0.15, 0.2) is 150 Å². The number of aliphatic imine (C=N–C) groups is 2. The number of amidine groups is 2. The third-order valence-electron chi connectivity index (χ3n) is 9.89. The summed E-state index contributed by atoms with van der Waals surface area (Å²) in [6.07, 6.45) is -0.316. The monoisotopic (exact) mass is 647 g/mol. The van der Waals surface area contributed by atoms with Gasteiger partial charge in [-0.25, -0.2) is 9.98 Å². The third kappa shape index (κ3) is 3.68. The molecule has 0 fully saturated rings. The van der Waals surface area contributed by atoms with E-state index >= 15 is 0 Å². The number of hydrogen-bond acceptors (Lipinski definition) is 5. The first-order chi connectivity index (χ1) is 23.8. The first kappa shape index (κ1) is 26.4. The van der Waals surface area contributed by atoms with E-state index < -0.39 is 0 Å². The summed E-state index contributed by atoms with van der Waals surface area (Å²) >= 11 is 3.72. The number of nitrogens with zero attached hydrogens (tertiary/aromatic N) is 2. The largest absolute Gasteiger partial charge is 0.344 e. The summed E-state index contributed by atoms with van der Waals surface area (Å²) in [5.74, 6) is 1.59. The van der Waals surface area contributed by atoms with Crippen LogP contribution in [-0.4, -0.2) is 11.7 Å². The minimum absolute atomic E-state index is 0.316. The second-order valence-electron chi connectivity index (χ2n) is 12.5. The first-order valence-corrected chi connectivity index (χ1v) is 17.8. The molecule has 3 nitrogen and oxygen atoms in total. The molecular formula is C43H25N3S2. The smallest absolute Gasteiger partial charge is 0.160 e. The van der Waals surface area contributed by atoms with E-state index in [1.165, 1.54) is 73.4 Å². The van der Waals surface area contributed by atoms with Crippen LogP contribution < -0.4 is 5.32 Å². The van der Waals surface area contributed by atoms with Gasteiger partial charge in [-0.05, 0) is 45.7 Å². The Balaban J connectivity index is 1.15. The first-order valence-electron chi connectivity index (χ1n) is 16.2. The standard InChI is InChI=1S/C43H25N3S2/c1-2-10-25(11-3-1)41-44-42(31-17-8-20-34-37(31)28-14-4-5-19-33(28)47-34)46-43(45-41)32-18-9-21-35-38(32)30-23-22-27-26-15-6-12-24-13-7-16-29(36(24)26)39(27)40(30)48-35/h1-23,43H,(H,44,45,46). The second-order valence-corrected chi connectivity index (χ2v) is 14.6. The van der Waals surface area contributed by atoms with E-state index in [-0.39, 0.29) is 6.17 Å². The van der Waals surface area contributed by atoms with Crippen molar-refractivity contribution in [3.8, 4) is 22.3 Å². The molecule has 7 aromatic carbocycles. The highest BCUT2D eigenvalue weighted by molar-refractivity contribution is 7.26. The molecule has 48 heavy (non-hydrogen) atoms. The Kier molecular flexibility index (Phi) is 5.48. The van der Waals surface area contributed by atoms with E-state index in [9.17, 15) is 0 Å². The maximum Gasteiger partial charge on any atom is 0.160 e. The van der Waals surface area contributed by atoms with Crippen LogP contribution in [0.5, 0.6) is 0 Å². The third-order valence-corrected chi connectivity index (χ3v) is 12.2. The van der Waals surface area contributed by atoms with Crippen molar-refractivity contribution in [2.24, 2.45) is 9.98 Å². The van der Waals surface area contributed by atoms with Crippen molar-refractivity contribution < 1.29 is 0 Å². The van der Waals surface area contributed by atoms with Crippen LogP contribution in [0, 0.1) is 0 Å². The van der Waals surface area contributed by atoms with Gasteiger partial charge in [0.2, 0.25) is 0 Å². The summed E-state index contributed by atoms with van der Waals surface area (Å²) in [7, 11) is 0. The van der Waals surface area contributed by atoms with Gasteiger partial charge >= 0.3 is 0 Å². The van der Waals surface area contributed by atoms with Gasteiger partial charge < -0.3 is 5.32 Å². The quantitative estimate of drug-likeness (QED) is 0.204. The van der Waals surface area contributed by atoms with Gasteiger partial charge in [-0.15, -0.1) is 22.7 Å². The lowest BCUT2D eigenvalue weighted by Crippen LogP contribution is -2.33. The zero-order chi connectivity index (χ0) is 31.3. The van der Waals surface area contributed by atoms with E-state index in [1.54, 1.807) is 0 Å². The average molecular weight is 648 g/mol. The molecule has 0 spiro atoms. The molecule has 2 aliphatic rings. The molecule has 0 bridgehead atoms. The molecule has 1 N–H and O–H groups in total. The Morgan fingerprint density at radius 2 is 1.23 bits per heavy atom. The van der Waals surface area contributed by atoms with Crippen LogP contribution in [0.25, 0.3) is 73.4 Å². The van der Waals surface area contributed by atoms with Crippen molar-refractivity contribution in [1.82, 2.24) is 5.32 Å². The Bertz CT molecular complexity index is 2870. The van der Waals surface area contributed by atoms with Crippen LogP contribution in [0.3, 0.4) is 0 Å².